The largest absolute Gasteiger partial charge is 0.399 e. The van der Waals surface area contributed by atoms with Crippen LogP contribution >= 0.6 is 23.2 Å². The Labute approximate surface area is 134 Å². The summed E-state index contributed by atoms with van der Waals surface area (Å²) >= 11 is 12.5. The van der Waals surface area contributed by atoms with Crippen LogP contribution in [-0.4, -0.2) is 26.2 Å². The van der Waals surface area contributed by atoms with Crippen molar-refractivity contribution in [2.75, 3.05) is 41.7 Å². The third kappa shape index (κ3) is 3.04. The van der Waals surface area contributed by atoms with Gasteiger partial charge in [-0.15, -0.1) is 0 Å². The smallest absolute Gasteiger partial charge is 0.0660 e. The topological polar surface area (TPSA) is 32.5 Å². The van der Waals surface area contributed by atoms with Crippen LogP contribution in [0.2, 0.25) is 10.0 Å². The maximum Gasteiger partial charge on any atom is 0.0660 e. The Kier molecular flexibility index (Phi) is 4.13. The highest BCUT2D eigenvalue weighted by atomic mass is 35.5. The standard InChI is InChI=1S/C16H17Cl2N3/c17-13-3-1-2-4-15(13)20-7-9-21(10-8-20)16-6-5-12(19)11-14(16)18/h1-6,11H,7-10,19H2. The first kappa shape index (κ1) is 14.4. The SMILES string of the molecule is Nc1ccc(N2CCN(c3ccccc3Cl)CC2)c(Cl)c1. The fourth-order valence-electron chi connectivity index (χ4n) is 2.68. The lowest BCUT2D eigenvalue weighted by Crippen LogP contribution is -2.46. The van der Waals surface area contributed by atoms with Gasteiger partial charge in [-0.1, -0.05) is 35.3 Å². The van der Waals surface area contributed by atoms with Gasteiger partial charge in [0.05, 0.1) is 21.4 Å². The van der Waals surface area contributed by atoms with Crippen LogP contribution in [0.25, 0.3) is 0 Å². The van der Waals surface area contributed by atoms with Crippen molar-refractivity contribution in [1.82, 2.24) is 0 Å². The fraction of sp³-hybridized carbons (Fsp3) is 0.250. The van der Waals surface area contributed by atoms with Gasteiger partial charge in [0.25, 0.3) is 0 Å². The highest BCUT2D eigenvalue weighted by molar-refractivity contribution is 6.33. The van der Waals surface area contributed by atoms with Crippen LogP contribution in [0.15, 0.2) is 42.5 Å². The lowest BCUT2D eigenvalue weighted by Gasteiger charge is -2.38. The minimum atomic E-state index is 0.693. The summed E-state index contributed by atoms with van der Waals surface area (Å²) in [6.07, 6.45) is 0. The molecule has 1 aliphatic rings. The quantitative estimate of drug-likeness (QED) is 0.851. The van der Waals surface area contributed by atoms with E-state index in [9.17, 15) is 0 Å². The summed E-state index contributed by atoms with van der Waals surface area (Å²) in [5, 5.41) is 1.51. The molecule has 2 N–H and O–H groups in total. The minimum Gasteiger partial charge on any atom is -0.399 e. The first-order valence-electron chi connectivity index (χ1n) is 6.94. The van der Waals surface area contributed by atoms with Crippen molar-refractivity contribution in [2.45, 2.75) is 0 Å². The van der Waals surface area contributed by atoms with Gasteiger partial charge in [-0.25, -0.2) is 0 Å². The number of anilines is 3. The second kappa shape index (κ2) is 6.04. The molecule has 0 aromatic heterocycles. The van der Waals surface area contributed by atoms with Gasteiger partial charge in [0, 0.05) is 31.9 Å². The number of para-hydroxylation sites is 1. The number of nitrogens with two attached hydrogens (primary N) is 1. The molecule has 110 valence electrons. The highest BCUT2D eigenvalue weighted by Crippen LogP contribution is 2.31. The van der Waals surface area contributed by atoms with E-state index in [2.05, 4.69) is 15.9 Å². The van der Waals surface area contributed by atoms with Crippen molar-refractivity contribution in [3.63, 3.8) is 0 Å². The third-order valence-electron chi connectivity index (χ3n) is 3.79. The first-order chi connectivity index (χ1) is 10.1. The summed E-state index contributed by atoms with van der Waals surface area (Å²) in [7, 11) is 0. The summed E-state index contributed by atoms with van der Waals surface area (Å²) in [4.78, 5) is 4.60. The Morgan fingerprint density at radius 2 is 1.33 bits per heavy atom. The van der Waals surface area contributed by atoms with E-state index >= 15 is 0 Å². The van der Waals surface area contributed by atoms with Gasteiger partial charge in [-0.3, -0.25) is 0 Å². The zero-order valence-corrected chi connectivity index (χ0v) is 13.1. The number of benzene rings is 2. The zero-order chi connectivity index (χ0) is 14.8. The average Bonchev–Trinajstić information content (AvgIpc) is 2.48. The summed E-state index contributed by atoms with van der Waals surface area (Å²) < 4.78 is 0. The van der Waals surface area contributed by atoms with Crippen LogP contribution in [0.4, 0.5) is 17.1 Å². The Hall–Kier alpha value is -1.58. The van der Waals surface area contributed by atoms with Gasteiger partial charge in [-0.2, -0.15) is 0 Å². The molecule has 3 nitrogen and oxygen atoms in total. The van der Waals surface area contributed by atoms with E-state index in [1.54, 1.807) is 6.07 Å². The van der Waals surface area contributed by atoms with Gasteiger partial charge >= 0.3 is 0 Å². The summed E-state index contributed by atoms with van der Waals surface area (Å²) in [6, 6.07) is 13.6. The number of hydrogen-bond acceptors (Lipinski definition) is 3. The van der Waals surface area contributed by atoms with E-state index in [-0.39, 0.29) is 0 Å². The maximum absolute atomic E-state index is 6.29. The summed E-state index contributed by atoms with van der Waals surface area (Å²) in [5.74, 6) is 0. The third-order valence-corrected chi connectivity index (χ3v) is 4.41. The number of nitrogens with zero attached hydrogens (tertiary/aromatic N) is 2. The van der Waals surface area contributed by atoms with Gasteiger partial charge in [0.2, 0.25) is 0 Å². The van der Waals surface area contributed by atoms with E-state index in [4.69, 9.17) is 28.9 Å². The number of piperazine rings is 1. The van der Waals surface area contributed by atoms with Crippen molar-refractivity contribution in [2.24, 2.45) is 0 Å². The second-order valence-electron chi connectivity index (χ2n) is 5.14. The molecular weight excluding hydrogens is 305 g/mol. The van der Waals surface area contributed by atoms with Crippen LogP contribution in [0, 0.1) is 0 Å². The van der Waals surface area contributed by atoms with Crippen molar-refractivity contribution in [3.05, 3.63) is 52.5 Å². The van der Waals surface area contributed by atoms with Crippen LogP contribution in [0.3, 0.4) is 0 Å². The average molecular weight is 322 g/mol. The van der Waals surface area contributed by atoms with E-state index in [1.807, 2.05) is 30.3 Å². The van der Waals surface area contributed by atoms with Crippen LogP contribution in [0.1, 0.15) is 0 Å². The summed E-state index contributed by atoms with van der Waals surface area (Å²) in [6.45, 7) is 3.67. The molecule has 2 aromatic rings. The molecule has 0 amide bonds. The minimum absolute atomic E-state index is 0.693. The molecule has 0 aliphatic carbocycles. The predicted octanol–water partition coefficient (Wildman–Crippen LogP) is 3.90. The van der Waals surface area contributed by atoms with Crippen LogP contribution in [-0.2, 0) is 0 Å². The molecule has 5 heteroatoms. The molecule has 0 radical (unpaired) electrons. The molecule has 2 aromatic carbocycles. The Bertz CT molecular complexity index is 637. The molecule has 0 bridgehead atoms. The molecular formula is C16H17Cl2N3. The zero-order valence-electron chi connectivity index (χ0n) is 11.6. The van der Waals surface area contributed by atoms with Gasteiger partial charge in [-0.05, 0) is 30.3 Å². The highest BCUT2D eigenvalue weighted by Gasteiger charge is 2.20. The van der Waals surface area contributed by atoms with E-state index < -0.39 is 0 Å². The molecule has 1 fully saturated rings. The van der Waals surface area contributed by atoms with Gasteiger partial charge in [0.15, 0.2) is 0 Å². The summed E-state index contributed by atoms with van der Waals surface area (Å²) in [5.41, 5.74) is 8.58. The molecule has 0 atom stereocenters. The van der Waals surface area contributed by atoms with E-state index in [1.165, 1.54) is 0 Å². The number of nitrogen functional groups attached to an aromatic ring is 1. The van der Waals surface area contributed by atoms with Crippen molar-refractivity contribution in [1.29, 1.82) is 0 Å². The van der Waals surface area contributed by atoms with Gasteiger partial charge in [0.1, 0.15) is 0 Å². The molecule has 0 saturated carbocycles. The van der Waals surface area contributed by atoms with Crippen molar-refractivity contribution in [3.8, 4) is 0 Å². The molecule has 0 unspecified atom stereocenters. The second-order valence-corrected chi connectivity index (χ2v) is 5.95. The number of hydrogen-bond donors (Lipinski definition) is 1. The first-order valence-corrected chi connectivity index (χ1v) is 7.70. The predicted molar refractivity (Wildman–Crippen MR) is 91.7 cm³/mol. The molecule has 1 heterocycles. The lowest BCUT2D eigenvalue weighted by atomic mass is 10.2. The molecule has 3 rings (SSSR count). The van der Waals surface area contributed by atoms with Gasteiger partial charge < -0.3 is 15.5 Å². The van der Waals surface area contributed by atoms with E-state index in [0.717, 1.165) is 42.6 Å². The monoisotopic (exact) mass is 321 g/mol. The van der Waals surface area contributed by atoms with Crippen LogP contribution in [0.5, 0.6) is 0 Å². The maximum atomic E-state index is 6.29. The number of rotatable bonds is 2. The fourth-order valence-corrected chi connectivity index (χ4v) is 3.24. The van der Waals surface area contributed by atoms with Crippen molar-refractivity contribution >= 4 is 40.3 Å². The molecule has 1 saturated heterocycles. The van der Waals surface area contributed by atoms with Crippen molar-refractivity contribution < 1.29 is 0 Å². The molecule has 1 aliphatic heterocycles. The lowest BCUT2D eigenvalue weighted by molar-refractivity contribution is 0.654. The number of halogens is 2. The van der Waals surface area contributed by atoms with E-state index in [0.29, 0.717) is 10.7 Å². The van der Waals surface area contributed by atoms with Crippen LogP contribution < -0.4 is 15.5 Å². The normalized spacial score (nSPS) is 15.3. The molecule has 21 heavy (non-hydrogen) atoms. The Morgan fingerprint density at radius 3 is 1.90 bits per heavy atom. The Balaban J connectivity index is 1.72. The Morgan fingerprint density at radius 1 is 0.762 bits per heavy atom. The molecule has 0 spiro atoms.